The summed E-state index contributed by atoms with van der Waals surface area (Å²) in [6.07, 6.45) is 0. The Morgan fingerprint density at radius 2 is 1.89 bits per heavy atom. The van der Waals surface area contributed by atoms with Gasteiger partial charge in [-0.05, 0) is 35.9 Å². The SMILES string of the molecule is N=C(N)c1cc(Br)ccc1OCc1ccc(Cl)cc1. The van der Waals surface area contributed by atoms with Gasteiger partial charge in [0.15, 0.2) is 0 Å². The van der Waals surface area contributed by atoms with Gasteiger partial charge >= 0.3 is 0 Å². The summed E-state index contributed by atoms with van der Waals surface area (Å²) in [5.41, 5.74) is 7.11. The largest absolute Gasteiger partial charge is 0.488 e. The van der Waals surface area contributed by atoms with Gasteiger partial charge in [0.1, 0.15) is 18.2 Å². The molecule has 2 aromatic rings. The summed E-state index contributed by atoms with van der Waals surface area (Å²) >= 11 is 9.17. The van der Waals surface area contributed by atoms with Crippen molar-refractivity contribution in [3.63, 3.8) is 0 Å². The first-order valence-electron chi connectivity index (χ1n) is 5.57. The summed E-state index contributed by atoms with van der Waals surface area (Å²) in [7, 11) is 0. The highest BCUT2D eigenvalue weighted by Crippen LogP contribution is 2.24. The number of rotatable bonds is 4. The molecule has 0 fully saturated rings. The Balaban J connectivity index is 2.15. The lowest BCUT2D eigenvalue weighted by molar-refractivity contribution is 0.305. The van der Waals surface area contributed by atoms with Crippen LogP contribution in [-0.4, -0.2) is 5.84 Å². The molecule has 0 aliphatic heterocycles. The first-order valence-corrected chi connectivity index (χ1v) is 6.74. The molecule has 0 aliphatic carbocycles. The first-order chi connectivity index (χ1) is 9.06. The normalized spacial score (nSPS) is 10.2. The zero-order valence-electron chi connectivity index (χ0n) is 9.99. The molecule has 2 aromatic carbocycles. The van der Waals surface area contributed by atoms with Gasteiger partial charge in [0.25, 0.3) is 0 Å². The smallest absolute Gasteiger partial charge is 0.130 e. The molecule has 0 aromatic heterocycles. The summed E-state index contributed by atoms with van der Waals surface area (Å²) in [5, 5.41) is 8.24. The summed E-state index contributed by atoms with van der Waals surface area (Å²) in [5.74, 6) is 0.568. The molecule has 0 spiro atoms. The Morgan fingerprint density at radius 3 is 2.53 bits per heavy atom. The van der Waals surface area contributed by atoms with Gasteiger partial charge in [0, 0.05) is 9.50 Å². The molecule has 0 aliphatic rings. The fourth-order valence-corrected chi connectivity index (χ4v) is 2.07. The van der Waals surface area contributed by atoms with Crippen molar-refractivity contribution in [2.24, 2.45) is 5.73 Å². The van der Waals surface area contributed by atoms with E-state index in [2.05, 4.69) is 15.9 Å². The number of ether oxygens (including phenoxy) is 1. The Kier molecular flexibility index (Phi) is 4.45. The number of nitrogen functional groups attached to an aromatic ring is 1. The quantitative estimate of drug-likeness (QED) is 0.654. The summed E-state index contributed by atoms with van der Waals surface area (Å²) in [6.45, 7) is 0.402. The van der Waals surface area contributed by atoms with Crippen LogP contribution in [0.25, 0.3) is 0 Å². The second-order valence-corrected chi connectivity index (χ2v) is 5.32. The predicted octanol–water partition coefficient (Wildman–Crippen LogP) is 3.97. The van der Waals surface area contributed by atoms with Crippen LogP contribution in [0.3, 0.4) is 0 Å². The lowest BCUT2D eigenvalue weighted by atomic mass is 10.2. The minimum absolute atomic E-state index is 0.0209. The lowest BCUT2D eigenvalue weighted by Crippen LogP contribution is -2.13. The van der Waals surface area contributed by atoms with E-state index in [4.69, 9.17) is 27.5 Å². The van der Waals surface area contributed by atoms with Crippen molar-refractivity contribution in [3.8, 4) is 5.75 Å². The van der Waals surface area contributed by atoms with Crippen LogP contribution in [0, 0.1) is 5.41 Å². The molecule has 0 saturated heterocycles. The minimum atomic E-state index is -0.0209. The number of nitrogens with one attached hydrogen (secondary N) is 1. The lowest BCUT2D eigenvalue weighted by Gasteiger charge is -2.11. The average molecular weight is 340 g/mol. The van der Waals surface area contributed by atoms with E-state index in [1.165, 1.54) is 0 Å². The molecular formula is C14H12BrClN2O. The van der Waals surface area contributed by atoms with Crippen LogP contribution < -0.4 is 10.5 Å². The summed E-state index contributed by atoms with van der Waals surface area (Å²) in [4.78, 5) is 0. The molecule has 0 radical (unpaired) electrons. The monoisotopic (exact) mass is 338 g/mol. The maximum atomic E-state index is 7.54. The van der Waals surface area contributed by atoms with E-state index in [0.29, 0.717) is 22.9 Å². The third-order valence-electron chi connectivity index (χ3n) is 2.54. The van der Waals surface area contributed by atoms with Gasteiger partial charge in [0.2, 0.25) is 0 Å². The van der Waals surface area contributed by atoms with Crippen molar-refractivity contribution in [1.82, 2.24) is 0 Å². The number of benzene rings is 2. The number of hydrogen-bond acceptors (Lipinski definition) is 2. The van der Waals surface area contributed by atoms with Crippen molar-refractivity contribution < 1.29 is 4.74 Å². The topological polar surface area (TPSA) is 59.1 Å². The van der Waals surface area contributed by atoms with Crippen molar-refractivity contribution >= 4 is 33.4 Å². The van der Waals surface area contributed by atoms with E-state index < -0.39 is 0 Å². The molecule has 98 valence electrons. The van der Waals surface area contributed by atoms with Crippen LogP contribution in [0.1, 0.15) is 11.1 Å². The van der Waals surface area contributed by atoms with Crippen LogP contribution in [0.2, 0.25) is 5.02 Å². The molecule has 0 atom stereocenters. The van der Waals surface area contributed by atoms with Crippen molar-refractivity contribution in [1.29, 1.82) is 5.41 Å². The van der Waals surface area contributed by atoms with Crippen LogP contribution in [0.5, 0.6) is 5.75 Å². The molecular weight excluding hydrogens is 328 g/mol. The molecule has 0 unspecified atom stereocenters. The summed E-state index contributed by atoms with van der Waals surface area (Å²) < 4.78 is 6.55. The van der Waals surface area contributed by atoms with E-state index in [1.807, 2.05) is 30.3 Å². The Bertz CT molecular complexity index is 599. The number of hydrogen-bond donors (Lipinski definition) is 2. The molecule has 0 amide bonds. The van der Waals surface area contributed by atoms with E-state index in [1.54, 1.807) is 12.1 Å². The van der Waals surface area contributed by atoms with Crippen molar-refractivity contribution in [3.05, 3.63) is 63.1 Å². The Hall–Kier alpha value is -1.52. The van der Waals surface area contributed by atoms with Crippen LogP contribution in [0.15, 0.2) is 46.9 Å². The molecule has 0 bridgehead atoms. The van der Waals surface area contributed by atoms with E-state index >= 15 is 0 Å². The summed E-state index contributed by atoms with van der Waals surface area (Å²) in [6, 6.07) is 12.8. The number of nitrogens with two attached hydrogens (primary N) is 1. The molecule has 5 heteroatoms. The second kappa shape index (κ2) is 6.08. The van der Waals surface area contributed by atoms with E-state index in [-0.39, 0.29) is 5.84 Å². The minimum Gasteiger partial charge on any atom is -0.488 e. The zero-order chi connectivity index (χ0) is 13.8. The van der Waals surface area contributed by atoms with Crippen LogP contribution >= 0.6 is 27.5 Å². The van der Waals surface area contributed by atoms with Gasteiger partial charge in [0.05, 0.1) is 5.56 Å². The Labute approximate surface area is 125 Å². The second-order valence-electron chi connectivity index (χ2n) is 3.97. The molecule has 19 heavy (non-hydrogen) atoms. The zero-order valence-corrected chi connectivity index (χ0v) is 12.3. The van der Waals surface area contributed by atoms with Gasteiger partial charge in [-0.1, -0.05) is 39.7 Å². The van der Waals surface area contributed by atoms with Gasteiger partial charge in [-0.15, -0.1) is 0 Å². The number of amidine groups is 1. The molecule has 3 N–H and O–H groups in total. The van der Waals surface area contributed by atoms with Gasteiger partial charge < -0.3 is 10.5 Å². The molecule has 0 saturated carbocycles. The van der Waals surface area contributed by atoms with E-state index in [0.717, 1.165) is 10.0 Å². The third-order valence-corrected chi connectivity index (χ3v) is 3.28. The predicted molar refractivity (Wildman–Crippen MR) is 80.9 cm³/mol. The van der Waals surface area contributed by atoms with Gasteiger partial charge in [-0.25, -0.2) is 0 Å². The van der Waals surface area contributed by atoms with Gasteiger partial charge in [-0.2, -0.15) is 0 Å². The number of halogens is 2. The molecule has 2 rings (SSSR count). The first kappa shape index (κ1) is 13.9. The Morgan fingerprint density at radius 1 is 1.21 bits per heavy atom. The highest BCUT2D eigenvalue weighted by molar-refractivity contribution is 9.10. The fourth-order valence-electron chi connectivity index (χ4n) is 1.58. The standard InChI is InChI=1S/C14H12BrClN2O/c15-10-3-6-13(12(7-10)14(17)18)19-8-9-1-4-11(16)5-2-9/h1-7H,8H2,(H3,17,18). The molecule has 0 heterocycles. The van der Waals surface area contributed by atoms with E-state index in [9.17, 15) is 0 Å². The highest BCUT2D eigenvalue weighted by Gasteiger charge is 2.07. The van der Waals surface area contributed by atoms with Crippen molar-refractivity contribution in [2.45, 2.75) is 6.61 Å². The maximum absolute atomic E-state index is 7.54. The van der Waals surface area contributed by atoms with Crippen LogP contribution in [-0.2, 0) is 6.61 Å². The molecule has 3 nitrogen and oxygen atoms in total. The fraction of sp³-hybridized carbons (Fsp3) is 0.0714. The third kappa shape index (κ3) is 3.72. The van der Waals surface area contributed by atoms with Crippen LogP contribution in [0.4, 0.5) is 0 Å². The maximum Gasteiger partial charge on any atom is 0.130 e. The van der Waals surface area contributed by atoms with Crippen molar-refractivity contribution in [2.75, 3.05) is 0 Å². The van der Waals surface area contributed by atoms with Gasteiger partial charge in [-0.3, -0.25) is 5.41 Å². The highest BCUT2D eigenvalue weighted by atomic mass is 79.9. The average Bonchev–Trinajstić information content (AvgIpc) is 2.39.